The van der Waals surface area contributed by atoms with Crippen LogP contribution in [0.25, 0.3) is 10.9 Å². The number of esters is 1. The molecule has 1 aromatic carbocycles. The van der Waals surface area contributed by atoms with Crippen molar-refractivity contribution in [2.45, 2.75) is 25.2 Å². The maximum absolute atomic E-state index is 12.9. The zero-order valence-electron chi connectivity index (χ0n) is 13.3. The van der Waals surface area contributed by atoms with E-state index in [4.69, 9.17) is 16.3 Å². The van der Waals surface area contributed by atoms with Crippen LogP contribution in [0, 0.1) is 0 Å². The molecule has 0 saturated carbocycles. The van der Waals surface area contributed by atoms with E-state index in [9.17, 15) is 35.3 Å². The van der Waals surface area contributed by atoms with Gasteiger partial charge in [0.15, 0.2) is 5.75 Å². The highest BCUT2D eigenvalue weighted by atomic mass is 35.5. The van der Waals surface area contributed by atoms with Crippen LogP contribution in [0.3, 0.4) is 0 Å². The molecule has 0 fully saturated rings. The molecule has 0 N–H and O–H groups in total. The molecular formula is C14H10ClF6NO4S. The average molecular weight is 438 g/mol. The number of hydrogen-bond donors (Lipinski definition) is 0. The lowest BCUT2D eigenvalue weighted by Gasteiger charge is -2.13. The molecule has 5 nitrogen and oxygen atoms in total. The van der Waals surface area contributed by atoms with Crippen LogP contribution in [0.1, 0.15) is 17.4 Å². The van der Waals surface area contributed by atoms with Crippen molar-refractivity contribution in [3.8, 4) is 5.75 Å². The maximum atomic E-state index is 12.9. The smallest absolute Gasteiger partial charge is 0.461 e. The Hall–Kier alpha value is -1.95. The summed E-state index contributed by atoms with van der Waals surface area (Å²) in [5, 5.41) is -0.725. The van der Waals surface area contributed by atoms with Crippen molar-refractivity contribution >= 4 is 39.6 Å². The van der Waals surface area contributed by atoms with Crippen molar-refractivity contribution in [1.29, 1.82) is 0 Å². The summed E-state index contributed by atoms with van der Waals surface area (Å²) in [7, 11) is 0. The molecule has 0 spiro atoms. The minimum Gasteiger partial charge on any atom is -0.461 e. The molecule has 0 bridgehead atoms. The normalized spacial score (nSPS) is 13.6. The van der Waals surface area contributed by atoms with Crippen molar-refractivity contribution in [2.75, 3.05) is 6.61 Å². The molecule has 2 aromatic rings. The van der Waals surface area contributed by atoms with Gasteiger partial charge in [-0.3, -0.25) is 0 Å². The zero-order valence-corrected chi connectivity index (χ0v) is 14.9. The molecule has 0 amide bonds. The van der Waals surface area contributed by atoms with Gasteiger partial charge in [-0.1, -0.05) is 11.6 Å². The molecule has 150 valence electrons. The number of hydrogen-bond acceptors (Lipinski definition) is 4. The largest absolute Gasteiger partial charge is 0.508 e. The Morgan fingerprint density at radius 1 is 1.22 bits per heavy atom. The van der Waals surface area contributed by atoms with Gasteiger partial charge in [0.25, 0.3) is 0 Å². The van der Waals surface area contributed by atoms with E-state index >= 15 is 0 Å². The van der Waals surface area contributed by atoms with Crippen LogP contribution in [0.5, 0.6) is 5.75 Å². The Kier molecular flexibility index (Phi) is 6.00. The lowest BCUT2D eigenvalue weighted by atomic mass is 10.2. The lowest BCUT2D eigenvalue weighted by Crippen LogP contribution is -2.22. The van der Waals surface area contributed by atoms with Gasteiger partial charge >= 0.3 is 28.7 Å². The molecule has 27 heavy (non-hydrogen) atoms. The molecule has 0 aliphatic heterocycles. The summed E-state index contributed by atoms with van der Waals surface area (Å²) < 4.78 is 96.3. The van der Waals surface area contributed by atoms with Crippen LogP contribution in [-0.2, 0) is 22.4 Å². The number of fused-ring (bicyclic) bond motifs is 1. The first-order chi connectivity index (χ1) is 12.3. The van der Waals surface area contributed by atoms with Gasteiger partial charge in [-0.05, 0) is 25.1 Å². The Balaban J connectivity index is 2.59. The first kappa shape index (κ1) is 21.4. The van der Waals surface area contributed by atoms with Gasteiger partial charge < -0.3 is 13.5 Å². The Bertz CT molecular complexity index is 892. The molecule has 1 heterocycles. The Labute approximate surface area is 155 Å². The third-order valence-electron chi connectivity index (χ3n) is 3.16. The highest BCUT2D eigenvalue weighted by molar-refractivity contribution is 7.81. The molecule has 0 aliphatic carbocycles. The molecule has 2 rings (SSSR count). The highest BCUT2D eigenvalue weighted by Crippen LogP contribution is 2.37. The molecule has 0 radical (unpaired) electrons. The molecule has 13 heteroatoms. The van der Waals surface area contributed by atoms with E-state index in [0.29, 0.717) is 4.57 Å². The summed E-state index contributed by atoms with van der Waals surface area (Å²) in [5.74, 6) is -1.74. The van der Waals surface area contributed by atoms with Crippen LogP contribution in [-0.4, -0.2) is 33.0 Å². The third-order valence-corrected chi connectivity index (χ3v) is 4.26. The number of rotatable bonds is 5. The maximum Gasteiger partial charge on any atom is 0.508 e. The van der Waals surface area contributed by atoms with Gasteiger partial charge in [0.1, 0.15) is 12.2 Å². The summed E-state index contributed by atoms with van der Waals surface area (Å²) in [4.78, 5) is 11.9. The van der Waals surface area contributed by atoms with Crippen molar-refractivity contribution in [1.82, 2.24) is 4.57 Å². The number of aromatic nitrogens is 1. The minimum atomic E-state index is -5.18. The number of alkyl halides is 6. The molecule has 0 aliphatic rings. The Morgan fingerprint density at radius 3 is 2.37 bits per heavy atom. The van der Waals surface area contributed by atoms with E-state index in [1.165, 1.54) is 6.92 Å². The quantitative estimate of drug-likeness (QED) is 0.507. The lowest BCUT2D eigenvalue weighted by molar-refractivity contribution is -0.140. The van der Waals surface area contributed by atoms with Gasteiger partial charge in [0.2, 0.25) is 0 Å². The monoisotopic (exact) mass is 437 g/mol. The first-order valence-electron chi connectivity index (χ1n) is 7.07. The number of halogens is 7. The molecule has 1 unspecified atom stereocenters. The standard InChI is InChI=1S/C14H10ClF6NO4S/c1-2-25-12(23)9-5-7-8(22(9)6-13(16,17)18)3-4-10(11(7)15)26-27(24)14(19,20)21/h3-5H,2,6H2,1H3. The summed E-state index contributed by atoms with van der Waals surface area (Å²) >= 11 is 2.17. The molecule has 1 aromatic heterocycles. The molecule has 1 atom stereocenters. The number of carbonyl (C=O) groups is 1. The van der Waals surface area contributed by atoms with Gasteiger partial charge in [0.05, 0.1) is 17.1 Å². The van der Waals surface area contributed by atoms with E-state index in [0.717, 1.165) is 18.2 Å². The highest BCUT2D eigenvalue weighted by Gasteiger charge is 2.40. The number of nitrogens with zero attached hydrogens (tertiary/aromatic N) is 1. The third kappa shape index (κ3) is 4.86. The molecular weight excluding hydrogens is 428 g/mol. The van der Waals surface area contributed by atoms with Crippen LogP contribution >= 0.6 is 11.6 Å². The minimum absolute atomic E-state index is 0.112. The predicted octanol–water partition coefficient (Wildman–Crippen LogP) is 4.60. The summed E-state index contributed by atoms with van der Waals surface area (Å²) in [5.41, 5.74) is -5.87. The van der Waals surface area contributed by atoms with Crippen molar-refractivity contribution in [2.24, 2.45) is 0 Å². The van der Waals surface area contributed by atoms with E-state index in [2.05, 4.69) is 4.18 Å². The zero-order chi connectivity index (χ0) is 20.6. The topological polar surface area (TPSA) is 57.5 Å². The van der Waals surface area contributed by atoms with Crippen LogP contribution in [0.2, 0.25) is 5.02 Å². The summed E-state index contributed by atoms with van der Waals surface area (Å²) in [6.07, 6.45) is -4.70. The van der Waals surface area contributed by atoms with Gasteiger partial charge in [-0.15, -0.1) is 0 Å². The second kappa shape index (κ2) is 7.58. The average Bonchev–Trinajstić information content (AvgIpc) is 2.87. The second-order valence-electron chi connectivity index (χ2n) is 5.03. The van der Waals surface area contributed by atoms with Crippen LogP contribution in [0.15, 0.2) is 18.2 Å². The van der Waals surface area contributed by atoms with Gasteiger partial charge in [-0.2, -0.15) is 26.3 Å². The second-order valence-corrected chi connectivity index (χ2v) is 6.50. The van der Waals surface area contributed by atoms with E-state index in [1.807, 2.05) is 0 Å². The number of carbonyl (C=O) groups excluding carboxylic acids is 1. The fraction of sp³-hybridized carbons (Fsp3) is 0.357. The Morgan fingerprint density at radius 2 is 1.85 bits per heavy atom. The van der Waals surface area contributed by atoms with Gasteiger partial charge in [0, 0.05) is 5.39 Å². The summed E-state index contributed by atoms with van der Waals surface area (Å²) in [6, 6.07) is 2.74. The number of ether oxygens (including phenoxy) is 1. The molecule has 0 saturated heterocycles. The van der Waals surface area contributed by atoms with Crippen molar-refractivity contribution in [3.05, 3.63) is 28.9 Å². The van der Waals surface area contributed by atoms with Crippen LogP contribution in [0.4, 0.5) is 26.3 Å². The van der Waals surface area contributed by atoms with E-state index in [1.54, 1.807) is 0 Å². The van der Waals surface area contributed by atoms with Crippen molar-refractivity contribution in [3.63, 3.8) is 0 Å². The van der Waals surface area contributed by atoms with Crippen molar-refractivity contribution < 1.29 is 44.3 Å². The summed E-state index contributed by atoms with van der Waals surface area (Å²) in [6.45, 7) is -0.227. The number of benzene rings is 1. The predicted molar refractivity (Wildman–Crippen MR) is 83.8 cm³/mol. The van der Waals surface area contributed by atoms with E-state index in [-0.39, 0.29) is 17.5 Å². The fourth-order valence-electron chi connectivity index (χ4n) is 2.20. The van der Waals surface area contributed by atoms with Crippen LogP contribution < -0.4 is 4.18 Å². The van der Waals surface area contributed by atoms with Gasteiger partial charge in [-0.25, -0.2) is 9.00 Å². The SMILES string of the molecule is CCOC(=O)c1cc2c(Cl)c(OS(=O)C(F)(F)F)ccc2n1CC(F)(F)F. The first-order valence-corrected chi connectivity index (χ1v) is 8.53. The van der Waals surface area contributed by atoms with E-state index < -0.39 is 51.7 Å². The fourth-order valence-corrected chi connectivity index (χ4v) is 2.89.